The summed E-state index contributed by atoms with van der Waals surface area (Å²) in [7, 11) is -0.506. The largest absolute Gasteiger partial charge is 0.497 e. The van der Waals surface area contributed by atoms with Crippen LogP contribution < -0.4 is 9.64 Å². The minimum Gasteiger partial charge on any atom is -0.497 e. The molecule has 1 heterocycles. The number of oxazole rings is 1. The van der Waals surface area contributed by atoms with Gasteiger partial charge in [-0.15, -0.1) is 0 Å². The molecule has 0 N–H and O–H groups in total. The number of benzene rings is 3. The minimum atomic E-state index is -3.88. The summed E-state index contributed by atoms with van der Waals surface area (Å²) in [5.41, 5.74) is 1.68. The molecule has 0 saturated carbocycles. The third kappa shape index (κ3) is 4.32. The molecule has 0 spiro atoms. The van der Waals surface area contributed by atoms with Crippen molar-refractivity contribution in [1.82, 2.24) is 4.98 Å². The van der Waals surface area contributed by atoms with E-state index in [0.717, 1.165) is 5.56 Å². The fourth-order valence-corrected chi connectivity index (χ4v) is 4.58. The summed E-state index contributed by atoms with van der Waals surface area (Å²) in [4.78, 5) is 6.33. The number of rotatable bonds is 7. The van der Waals surface area contributed by atoms with Crippen molar-refractivity contribution in [3.63, 3.8) is 0 Å². The van der Waals surface area contributed by atoms with Gasteiger partial charge >= 0.3 is 0 Å². The average molecular weight is 435 g/mol. The highest BCUT2D eigenvalue weighted by molar-refractivity contribution is 7.91. The molecule has 0 fully saturated rings. The first-order valence-corrected chi connectivity index (χ1v) is 11.2. The quantitative estimate of drug-likeness (QED) is 0.415. The van der Waals surface area contributed by atoms with Crippen molar-refractivity contribution in [1.29, 1.82) is 0 Å². The lowest BCUT2D eigenvalue weighted by atomic mass is 10.2. The molecule has 0 unspecified atom stereocenters. The van der Waals surface area contributed by atoms with E-state index >= 15 is 0 Å². The molecule has 0 aliphatic carbocycles. The lowest BCUT2D eigenvalue weighted by molar-refractivity contribution is 0.415. The van der Waals surface area contributed by atoms with E-state index in [1.54, 1.807) is 73.7 Å². The zero-order valence-electron chi connectivity index (χ0n) is 17.2. The van der Waals surface area contributed by atoms with E-state index < -0.39 is 9.84 Å². The molecule has 0 amide bonds. The second kappa shape index (κ2) is 8.65. The van der Waals surface area contributed by atoms with Crippen LogP contribution in [0.3, 0.4) is 0 Å². The lowest BCUT2D eigenvalue weighted by Crippen LogP contribution is -2.18. The molecule has 0 aliphatic heterocycles. The zero-order valence-corrected chi connectivity index (χ0v) is 18.0. The highest BCUT2D eigenvalue weighted by atomic mass is 32.2. The van der Waals surface area contributed by atoms with Gasteiger partial charge in [0.1, 0.15) is 5.75 Å². The second-order valence-electron chi connectivity index (χ2n) is 7.02. The molecule has 0 aliphatic rings. The van der Waals surface area contributed by atoms with Crippen LogP contribution in [0.25, 0.3) is 11.5 Å². The molecular weight excluding hydrogens is 412 g/mol. The van der Waals surface area contributed by atoms with E-state index in [4.69, 9.17) is 9.15 Å². The normalized spacial score (nSPS) is 11.3. The Morgan fingerprint density at radius 2 is 1.52 bits per heavy atom. The average Bonchev–Trinajstić information content (AvgIpc) is 3.27. The topological polar surface area (TPSA) is 72.6 Å². The van der Waals surface area contributed by atoms with Gasteiger partial charge in [-0.2, -0.15) is 4.98 Å². The predicted molar refractivity (Wildman–Crippen MR) is 119 cm³/mol. The molecule has 6 nitrogen and oxygen atoms in total. The van der Waals surface area contributed by atoms with Gasteiger partial charge in [-0.25, -0.2) is 8.42 Å². The van der Waals surface area contributed by atoms with Crippen LogP contribution in [0.5, 0.6) is 5.75 Å². The SMILES string of the molecule is COc1ccc(-c2nc(S(=O)(=O)c3ccccc3)c(N(C)Cc3ccccc3)o2)cc1. The van der Waals surface area contributed by atoms with E-state index in [1.165, 1.54) is 0 Å². The fraction of sp³-hybridized carbons (Fsp3) is 0.125. The molecule has 0 radical (unpaired) electrons. The molecule has 3 aromatic carbocycles. The van der Waals surface area contributed by atoms with E-state index in [2.05, 4.69) is 4.98 Å². The molecule has 0 atom stereocenters. The van der Waals surface area contributed by atoms with E-state index in [0.29, 0.717) is 17.9 Å². The highest BCUT2D eigenvalue weighted by Gasteiger charge is 2.30. The Morgan fingerprint density at radius 3 is 2.13 bits per heavy atom. The summed E-state index contributed by atoms with van der Waals surface area (Å²) in [6, 6.07) is 25.1. The summed E-state index contributed by atoms with van der Waals surface area (Å²) < 4.78 is 38.0. The molecule has 1 aromatic heterocycles. The number of ether oxygens (including phenoxy) is 1. The lowest BCUT2D eigenvalue weighted by Gasteiger charge is -2.17. The van der Waals surface area contributed by atoms with Crippen molar-refractivity contribution < 1.29 is 17.6 Å². The first-order valence-electron chi connectivity index (χ1n) is 9.69. The standard InChI is InChI=1S/C24H22N2O4S/c1-26(17-18-9-5-3-6-10-18)24-23(31(27,28)21-11-7-4-8-12-21)25-22(30-24)19-13-15-20(29-2)16-14-19/h3-16H,17H2,1-2H3. The smallest absolute Gasteiger partial charge is 0.236 e. The molecule has 0 bridgehead atoms. The maximum atomic E-state index is 13.4. The third-order valence-electron chi connectivity index (χ3n) is 4.83. The number of hydrogen-bond donors (Lipinski definition) is 0. The van der Waals surface area contributed by atoms with Gasteiger partial charge in [0.05, 0.1) is 12.0 Å². The predicted octanol–water partition coefficient (Wildman–Crippen LogP) is 4.82. The van der Waals surface area contributed by atoms with Gasteiger partial charge in [-0.1, -0.05) is 48.5 Å². The number of nitrogens with zero attached hydrogens (tertiary/aromatic N) is 2. The van der Waals surface area contributed by atoms with Crippen molar-refractivity contribution in [2.24, 2.45) is 0 Å². The Morgan fingerprint density at radius 1 is 0.903 bits per heavy atom. The van der Waals surface area contributed by atoms with Crippen LogP contribution in [0.2, 0.25) is 0 Å². The van der Waals surface area contributed by atoms with Gasteiger partial charge in [0.25, 0.3) is 0 Å². The molecule has 4 rings (SSSR count). The van der Waals surface area contributed by atoms with Crippen LogP contribution in [0.4, 0.5) is 5.88 Å². The number of sulfone groups is 1. The van der Waals surface area contributed by atoms with E-state index in [1.807, 2.05) is 30.3 Å². The zero-order chi connectivity index (χ0) is 21.8. The van der Waals surface area contributed by atoms with Crippen LogP contribution in [-0.2, 0) is 16.4 Å². The summed E-state index contributed by atoms with van der Waals surface area (Å²) in [6.45, 7) is 0.468. The summed E-state index contributed by atoms with van der Waals surface area (Å²) in [5.74, 6) is 1.11. The van der Waals surface area contributed by atoms with Crippen LogP contribution in [0.15, 0.2) is 99.3 Å². The van der Waals surface area contributed by atoms with Gasteiger partial charge in [0.15, 0.2) is 0 Å². The van der Waals surface area contributed by atoms with Gasteiger partial charge in [-0.05, 0) is 42.0 Å². The van der Waals surface area contributed by atoms with Gasteiger partial charge in [0, 0.05) is 19.2 Å². The maximum absolute atomic E-state index is 13.4. The summed E-state index contributed by atoms with van der Waals surface area (Å²) in [5, 5.41) is -0.108. The Balaban J connectivity index is 1.80. The molecule has 7 heteroatoms. The minimum absolute atomic E-state index is 0.108. The van der Waals surface area contributed by atoms with Crippen LogP contribution in [0.1, 0.15) is 5.56 Å². The number of anilines is 1. The Kier molecular flexibility index (Phi) is 5.77. The second-order valence-corrected chi connectivity index (χ2v) is 8.88. The Bertz CT molecular complexity index is 1250. The Hall–Kier alpha value is -3.58. The molecular formula is C24H22N2O4S. The summed E-state index contributed by atoms with van der Waals surface area (Å²) in [6.07, 6.45) is 0. The number of methoxy groups -OCH3 is 1. The van der Waals surface area contributed by atoms with Gasteiger partial charge < -0.3 is 14.1 Å². The number of aromatic nitrogens is 1. The molecule has 0 saturated heterocycles. The molecule has 31 heavy (non-hydrogen) atoms. The fourth-order valence-electron chi connectivity index (χ4n) is 3.21. The molecule has 158 valence electrons. The van der Waals surface area contributed by atoms with Gasteiger partial charge in [0.2, 0.25) is 26.6 Å². The van der Waals surface area contributed by atoms with Crippen molar-refractivity contribution >= 4 is 15.7 Å². The Labute approximate surface area is 181 Å². The third-order valence-corrected chi connectivity index (χ3v) is 6.50. The van der Waals surface area contributed by atoms with Crippen LogP contribution >= 0.6 is 0 Å². The van der Waals surface area contributed by atoms with E-state index in [9.17, 15) is 8.42 Å². The number of hydrogen-bond acceptors (Lipinski definition) is 6. The summed E-state index contributed by atoms with van der Waals surface area (Å²) >= 11 is 0. The van der Waals surface area contributed by atoms with Crippen LogP contribution in [-0.4, -0.2) is 27.6 Å². The van der Waals surface area contributed by atoms with E-state index in [-0.39, 0.29) is 21.7 Å². The monoisotopic (exact) mass is 434 g/mol. The van der Waals surface area contributed by atoms with Crippen LogP contribution in [0, 0.1) is 0 Å². The first-order chi connectivity index (χ1) is 15.0. The van der Waals surface area contributed by atoms with Gasteiger partial charge in [-0.3, -0.25) is 0 Å². The highest BCUT2D eigenvalue weighted by Crippen LogP contribution is 2.35. The van der Waals surface area contributed by atoms with Crippen molar-refractivity contribution in [3.05, 3.63) is 90.5 Å². The van der Waals surface area contributed by atoms with Crippen molar-refractivity contribution in [3.8, 4) is 17.2 Å². The first kappa shape index (κ1) is 20.7. The van der Waals surface area contributed by atoms with Crippen molar-refractivity contribution in [2.75, 3.05) is 19.1 Å². The maximum Gasteiger partial charge on any atom is 0.236 e. The van der Waals surface area contributed by atoms with Crippen molar-refractivity contribution in [2.45, 2.75) is 16.5 Å². The molecule has 4 aromatic rings.